The van der Waals surface area contributed by atoms with Gasteiger partial charge in [-0.25, -0.2) is 0 Å². The van der Waals surface area contributed by atoms with Crippen molar-refractivity contribution in [3.63, 3.8) is 0 Å². The number of carbonyl (C=O) groups is 1. The summed E-state index contributed by atoms with van der Waals surface area (Å²) in [5, 5.41) is 10.2. The van der Waals surface area contributed by atoms with E-state index in [9.17, 15) is 9.90 Å². The molecule has 1 heterocycles. The molecule has 0 bridgehead atoms. The number of piperidine rings is 1. The molecule has 0 aromatic rings. The van der Waals surface area contributed by atoms with Crippen molar-refractivity contribution in [3.8, 4) is 0 Å². The van der Waals surface area contributed by atoms with E-state index >= 15 is 0 Å². The number of amides is 1. The SMILES string of the molecule is O=C([O-])N1CCCCC1.[Li+]. The maximum absolute atomic E-state index is 10.2. The Morgan fingerprint density at radius 1 is 1.20 bits per heavy atom. The molecule has 1 rings (SSSR count). The van der Waals surface area contributed by atoms with Gasteiger partial charge in [-0.3, -0.25) is 0 Å². The van der Waals surface area contributed by atoms with Gasteiger partial charge in [0.15, 0.2) is 0 Å². The van der Waals surface area contributed by atoms with Gasteiger partial charge in [0.05, 0.1) is 0 Å². The third kappa shape index (κ3) is 2.63. The smallest absolute Gasteiger partial charge is 0.530 e. The van der Waals surface area contributed by atoms with Crippen LogP contribution in [0, 0.1) is 0 Å². The molecule has 0 aliphatic carbocycles. The van der Waals surface area contributed by atoms with Crippen molar-refractivity contribution in [1.29, 1.82) is 0 Å². The zero-order valence-electron chi connectivity index (χ0n) is 6.30. The zero-order valence-corrected chi connectivity index (χ0v) is 6.30. The molecule has 10 heavy (non-hydrogen) atoms. The van der Waals surface area contributed by atoms with Gasteiger partial charge in [0.1, 0.15) is 6.09 Å². The molecule has 1 fully saturated rings. The minimum atomic E-state index is -1.02. The van der Waals surface area contributed by atoms with E-state index < -0.39 is 6.09 Å². The first-order valence-corrected chi connectivity index (χ1v) is 3.26. The van der Waals surface area contributed by atoms with E-state index in [2.05, 4.69) is 0 Å². The fourth-order valence-corrected chi connectivity index (χ4v) is 1.08. The second kappa shape index (κ2) is 4.65. The summed E-state index contributed by atoms with van der Waals surface area (Å²) < 4.78 is 0. The topological polar surface area (TPSA) is 43.4 Å². The van der Waals surface area contributed by atoms with Gasteiger partial charge < -0.3 is 14.8 Å². The number of hydrogen-bond acceptors (Lipinski definition) is 2. The van der Waals surface area contributed by atoms with Crippen LogP contribution in [-0.2, 0) is 0 Å². The maximum Gasteiger partial charge on any atom is 1.00 e. The van der Waals surface area contributed by atoms with Gasteiger partial charge in [0.2, 0.25) is 0 Å². The predicted octanol–water partition coefficient (Wildman–Crippen LogP) is -3.18. The summed E-state index contributed by atoms with van der Waals surface area (Å²) in [6, 6.07) is 0. The molecule has 1 saturated heterocycles. The molecule has 1 aliphatic heterocycles. The molecule has 52 valence electrons. The van der Waals surface area contributed by atoms with Crippen LogP contribution in [-0.4, -0.2) is 24.1 Å². The average Bonchev–Trinajstić information content (AvgIpc) is 1.90. The number of carboxylic acid groups (broad SMARTS) is 1. The third-order valence-corrected chi connectivity index (χ3v) is 1.61. The summed E-state index contributed by atoms with van der Waals surface area (Å²) in [6.07, 6.45) is 2.13. The first-order valence-electron chi connectivity index (χ1n) is 3.26. The van der Waals surface area contributed by atoms with Crippen molar-refractivity contribution < 1.29 is 28.8 Å². The van der Waals surface area contributed by atoms with E-state index in [0.29, 0.717) is 13.1 Å². The van der Waals surface area contributed by atoms with E-state index in [1.165, 1.54) is 4.90 Å². The monoisotopic (exact) mass is 135 g/mol. The summed E-state index contributed by atoms with van der Waals surface area (Å²) in [6.45, 7) is 1.34. The molecule has 1 aliphatic rings. The van der Waals surface area contributed by atoms with Crippen molar-refractivity contribution in [2.24, 2.45) is 0 Å². The Labute approximate surface area is 72.6 Å². The average molecular weight is 135 g/mol. The van der Waals surface area contributed by atoms with Gasteiger partial charge >= 0.3 is 18.9 Å². The van der Waals surface area contributed by atoms with Crippen molar-refractivity contribution in [3.05, 3.63) is 0 Å². The van der Waals surface area contributed by atoms with Crippen LogP contribution in [0.5, 0.6) is 0 Å². The van der Waals surface area contributed by atoms with E-state index in [4.69, 9.17) is 0 Å². The van der Waals surface area contributed by atoms with Crippen LogP contribution < -0.4 is 24.0 Å². The van der Waals surface area contributed by atoms with Crippen molar-refractivity contribution in [2.45, 2.75) is 19.3 Å². The quantitative estimate of drug-likeness (QED) is 0.329. The normalized spacial score (nSPS) is 17.8. The van der Waals surface area contributed by atoms with Crippen LogP contribution in [0.1, 0.15) is 19.3 Å². The summed E-state index contributed by atoms with van der Waals surface area (Å²) >= 11 is 0. The summed E-state index contributed by atoms with van der Waals surface area (Å²) in [5.74, 6) is 0. The molecule has 0 aromatic heterocycles. The van der Waals surface area contributed by atoms with Gasteiger partial charge in [-0.1, -0.05) is 0 Å². The Morgan fingerprint density at radius 3 is 2.00 bits per heavy atom. The number of hydrogen-bond donors (Lipinski definition) is 0. The molecule has 0 aromatic carbocycles. The summed E-state index contributed by atoms with van der Waals surface area (Å²) in [5.41, 5.74) is 0. The molecule has 0 saturated carbocycles. The molecule has 0 radical (unpaired) electrons. The fourth-order valence-electron chi connectivity index (χ4n) is 1.08. The van der Waals surface area contributed by atoms with E-state index in [1.54, 1.807) is 0 Å². The Hall–Kier alpha value is -0.133. The van der Waals surface area contributed by atoms with Crippen LogP contribution >= 0.6 is 0 Å². The molecule has 0 atom stereocenters. The minimum Gasteiger partial charge on any atom is -0.530 e. The van der Waals surface area contributed by atoms with Gasteiger partial charge in [-0.2, -0.15) is 0 Å². The molecular formula is C6H10LiNO2. The molecule has 0 unspecified atom stereocenters. The van der Waals surface area contributed by atoms with Gasteiger partial charge in [-0.05, 0) is 19.3 Å². The van der Waals surface area contributed by atoms with Crippen LogP contribution in [0.4, 0.5) is 4.79 Å². The third-order valence-electron chi connectivity index (χ3n) is 1.61. The molecule has 0 N–H and O–H groups in total. The van der Waals surface area contributed by atoms with Crippen LogP contribution in [0.3, 0.4) is 0 Å². The number of nitrogens with zero attached hydrogens (tertiary/aromatic N) is 1. The Bertz CT molecular complexity index is 112. The Morgan fingerprint density at radius 2 is 1.70 bits per heavy atom. The molecular weight excluding hydrogens is 125 g/mol. The summed E-state index contributed by atoms with van der Waals surface area (Å²) in [4.78, 5) is 11.5. The Balaban J connectivity index is 0.000000810. The first-order chi connectivity index (χ1) is 4.30. The van der Waals surface area contributed by atoms with Crippen LogP contribution in [0.2, 0.25) is 0 Å². The summed E-state index contributed by atoms with van der Waals surface area (Å²) in [7, 11) is 0. The second-order valence-electron chi connectivity index (χ2n) is 2.31. The molecule has 3 nitrogen and oxygen atoms in total. The minimum absolute atomic E-state index is 0. The van der Waals surface area contributed by atoms with Crippen LogP contribution in [0.25, 0.3) is 0 Å². The molecule has 0 spiro atoms. The second-order valence-corrected chi connectivity index (χ2v) is 2.31. The van der Waals surface area contributed by atoms with Gasteiger partial charge in [-0.15, -0.1) is 0 Å². The van der Waals surface area contributed by atoms with Crippen molar-refractivity contribution in [2.75, 3.05) is 13.1 Å². The van der Waals surface area contributed by atoms with E-state index in [0.717, 1.165) is 19.3 Å². The predicted molar refractivity (Wildman–Crippen MR) is 30.8 cm³/mol. The molecule has 4 heteroatoms. The van der Waals surface area contributed by atoms with E-state index in [-0.39, 0.29) is 18.9 Å². The number of carbonyl (C=O) groups excluding carboxylic acids is 1. The fraction of sp³-hybridized carbons (Fsp3) is 0.833. The zero-order chi connectivity index (χ0) is 6.69. The number of likely N-dealkylation sites (tertiary alicyclic amines) is 1. The van der Waals surface area contributed by atoms with E-state index in [1.807, 2.05) is 0 Å². The molecule has 1 amide bonds. The number of rotatable bonds is 0. The van der Waals surface area contributed by atoms with Crippen molar-refractivity contribution >= 4 is 6.09 Å². The van der Waals surface area contributed by atoms with Gasteiger partial charge in [0.25, 0.3) is 0 Å². The standard InChI is InChI=1S/C6H11NO2.Li/c8-6(9)7-4-2-1-3-5-7;/h1-5H2,(H,8,9);/q;+1/p-1. The largest absolute Gasteiger partial charge is 1.00 e. The Kier molecular flexibility index (Phi) is 4.59. The first kappa shape index (κ1) is 9.87. The van der Waals surface area contributed by atoms with Crippen LogP contribution in [0.15, 0.2) is 0 Å². The van der Waals surface area contributed by atoms with Gasteiger partial charge in [0, 0.05) is 13.1 Å². The maximum atomic E-state index is 10.2. The van der Waals surface area contributed by atoms with Crippen molar-refractivity contribution in [1.82, 2.24) is 4.90 Å².